The first-order valence-corrected chi connectivity index (χ1v) is 5.12. The van der Waals surface area contributed by atoms with Crippen molar-refractivity contribution in [3.63, 3.8) is 0 Å². The lowest BCUT2D eigenvalue weighted by atomic mass is 10.2. The Balaban J connectivity index is 2.02. The zero-order valence-electron chi connectivity index (χ0n) is 9.28. The average molecular weight is 232 g/mol. The smallest absolute Gasteiger partial charge is 0.243 e. The molecule has 1 heterocycles. The van der Waals surface area contributed by atoms with Crippen molar-refractivity contribution in [1.29, 1.82) is 0 Å². The van der Waals surface area contributed by atoms with E-state index in [-0.39, 0.29) is 18.4 Å². The van der Waals surface area contributed by atoms with Crippen LogP contribution >= 0.6 is 0 Å². The largest absolute Gasteiger partial charge is 0.347 e. The molecular weight excluding hydrogens is 220 g/mol. The van der Waals surface area contributed by atoms with Crippen molar-refractivity contribution >= 4 is 28.4 Å². The van der Waals surface area contributed by atoms with Crippen LogP contribution in [0.3, 0.4) is 0 Å². The molecule has 2 aromatic rings. The Hall–Kier alpha value is -2.37. The molecule has 0 aliphatic carbocycles. The normalized spacial score (nSPS) is 10.2. The zero-order valence-corrected chi connectivity index (χ0v) is 9.28. The maximum absolute atomic E-state index is 11.4. The van der Waals surface area contributed by atoms with Crippen LogP contribution < -0.4 is 10.6 Å². The fourth-order valence-corrected chi connectivity index (χ4v) is 1.42. The molecule has 6 heteroatoms. The number of hydrogen-bond acceptors (Lipinski definition) is 3. The molecule has 0 aliphatic rings. The number of rotatable bonds is 3. The van der Waals surface area contributed by atoms with Gasteiger partial charge >= 0.3 is 0 Å². The Labute approximate surface area is 97.4 Å². The molecule has 0 saturated heterocycles. The van der Waals surface area contributed by atoms with E-state index in [1.54, 1.807) is 18.3 Å². The quantitative estimate of drug-likeness (QED) is 0.725. The molecule has 0 fully saturated rings. The van der Waals surface area contributed by atoms with Gasteiger partial charge in [-0.1, -0.05) is 0 Å². The topological polar surface area (TPSA) is 86.9 Å². The average Bonchev–Trinajstić information content (AvgIpc) is 2.73. The number of carbonyl (C=O) groups excluding carboxylic acids is 2. The van der Waals surface area contributed by atoms with Crippen molar-refractivity contribution in [1.82, 2.24) is 15.5 Å². The van der Waals surface area contributed by atoms with Gasteiger partial charge in [0, 0.05) is 18.0 Å². The first-order valence-electron chi connectivity index (χ1n) is 5.12. The van der Waals surface area contributed by atoms with Crippen LogP contribution in [0.15, 0.2) is 24.4 Å². The second-order valence-corrected chi connectivity index (χ2v) is 3.63. The number of carbonyl (C=O) groups is 2. The molecule has 0 spiro atoms. The van der Waals surface area contributed by atoms with Gasteiger partial charge in [0.25, 0.3) is 0 Å². The number of benzene rings is 1. The standard InChI is InChI=1S/C11H12N4O2/c1-7(16)12-6-11(17)14-9-3-2-8-5-13-15-10(8)4-9/h2-5H,6H2,1H3,(H,12,16)(H,13,15)(H,14,17). The van der Waals surface area contributed by atoms with Gasteiger partial charge in [-0.2, -0.15) is 5.10 Å². The van der Waals surface area contributed by atoms with Crippen molar-refractivity contribution in [2.24, 2.45) is 0 Å². The summed E-state index contributed by atoms with van der Waals surface area (Å²) in [6, 6.07) is 5.42. The van der Waals surface area contributed by atoms with E-state index in [2.05, 4.69) is 20.8 Å². The minimum absolute atomic E-state index is 0.0314. The van der Waals surface area contributed by atoms with Gasteiger partial charge in [-0.15, -0.1) is 0 Å². The van der Waals surface area contributed by atoms with Crippen LogP contribution in [0.4, 0.5) is 5.69 Å². The Morgan fingerprint density at radius 1 is 1.41 bits per heavy atom. The third kappa shape index (κ3) is 2.81. The summed E-state index contributed by atoms with van der Waals surface area (Å²) >= 11 is 0. The van der Waals surface area contributed by atoms with E-state index in [4.69, 9.17) is 0 Å². The van der Waals surface area contributed by atoms with Crippen molar-refractivity contribution < 1.29 is 9.59 Å². The first kappa shape index (κ1) is 11.1. The minimum Gasteiger partial charge on any atom is -0.347 e. The molecule has 0 unspecified atom stereocenters. The predicted octanol–water partition coefficient (Wildman–Crippen LogP) is 0.637. The lowest BCUT2D eigenvalue weighted by molar-refractivity contribution is -0.122. The van der Waals surface area contributed by atoms with Gasteiger partial charge in [0.15, 0.2) is 0 Å². The van der Waals surface area contributed by atoms with E-state index in [1.165, 1.54) is 6.92 Å². The molecule has 0 bridgehead atoms. The monoisotopic (exact) mass is 232 g/mol. The van der Waals surface area contributed by atoms with Gasteiger partial charge in [0.2, 0.25) is 11.8 Å². The number of H-pyrrole nitrogens is 1. The zero-order chi connectivity index (χ0) is 12.3. The highest BCUT2D eigenvalue weighted by Gasteiger charge is 2.04. The van der Waals surface area contributed by atoms with E-state index < -0.39 is 0 Å². The molecule has 3 N–H and O–H groups in total. The van der Waals surface area contributed by atoms with Gasteiger partial charge < -0.3 is 10.6 Å². The molecule has 0 saturated carbocycles. The van der Waals surface area contributed by atoms with E-state index in [9.17, 15) is 9.59 Å². The molecular formula is C11H12N4O2. The Kier molecular flexibility index (Phi) is 3.04. The summed E-state index contributed by atoms with van der Waals surface area (Å²) in [6.07, 6.45) is 1.71. The van der Waals surface area contributed by atoms with Crippen molar-refractivity contribution in [3.8, 4) is 0 Å². The summed E-state index contributed by atoms with van der Waals surface area (Å²) in [7, 11) is 0. The van der Waals surface area contributed by atoms with Crippen LogP contribution in [0.2, 0.25) is 0 Å². The number of aromatic nitrogens is 2. The van der Waals surface area contributed by atoms with Crippen LogP contribution in [-0.4, -0.2) is 28.6 Å². The number of nitrogens with zero attached hydrogens (tertiary/aromatic N) is 1. The number of anilines is 1. The Morgan fingerprint density at radius 2 is 2.24 bits per heavy atom. The van der Waals surface area contributed by atoms with Crippen LogP contribution in [0.25, 0.3) is 10.9 Å². The van der Waals surface area contributed by atoms with Crippen molar-refractivity contribution in [2.45, 2.75) is 6.92 Å². The van der Waals surface area contributed by atoms with E-state index in [0.29, 0.717) is 5.69 Å². The number of amides is 2. The minimum atomic E-state index is -0.265. The van der Waals surface area contributed by atoms with Crippen molar-refractivity contribution in [2.75, 3.05) is 11.9 Å². The van der Waals surface area contributed by atoms with Gasteiger partial charge in [0.05, 0.1) is 18.3 Å². The molecule has 0 atom stereocenters. The molecule has 88 valence electrons. The highest BCUT2D eigenvalue weighted by Crippen LogP contribution is 2.16. The second-order valence-electron chi connectivity index (χ2n) is 3.63. The maximum Gasteiger partial charge on any atom is 0.243 e. The van der Waals surface area contributed by atoms with E-state index >= 15 is 0 Å². The van der Waals surface area contributed by atoms with E-state index in [0.717, 1.165) is 10.9 Å². The SMILES string of the molecule is CC(=O)NCC(=O)Nc1ccc2cn[nH]c2c1. The Bertz CT molecular complexity index is 561. The highest BCUT2D eigenvalue weighted by atomic mass is 16.2. The van der Waals surface area contributed by atoms with Gasteiger partial charge in [-0.25, -0.2) is 0 Å². The van der Waals surface area contributed by atoms with Crippen molar-refractivity contribution in [3.05, 3.63) is 24.4 Å². The lowest BCUT2D eigenvalue weighted by Gasteiger charge is -2.05. The third-order valence-corrected chi connectivity index (χ3v) is 2.22. The van der Waals surface area contributed by atoms with Crippen LogP contribution in [0, 0.1) is 0 Å². The fraction of sp³-hybridized carbons (Fsp3) is 0.182. The Morgan fingerprint density at radius 3 is 3.00 bits per heavy atom. The summed E-state index contributed by atoms with van der Waals surface area (Å²) in [6.45, 7) is 1.33. The summed E-state index contributed by atoms with van der Waals surface area (Å²) in [5.41, 5.74) is 1.51. The van der Waals surface area contributed by atoms with Crippen LogP contribution in [0.5, 0.6) is 0 Å². The fourth-order valence-electron chi connectivity index (χ4n) is 1.42. The van der Waals surface area contributed by atoms with Gasteiger partial charge in [-0.05, 0) is 18.2 Å². The van der Waals surface area contributed by atoms with Gasteiger partial charge in [-0.3, -0.25) is 14.7 Å². The second kappa shape index (κ2) is 4.65. The molecule has 6 nitrogen and oxygen atoms in total. The van der Waals surface area contributed by atoms with Gasteiger partial charge in [0.1, 0.15) is 0 Å². The predicted molar refractivity (Wildman–Crippen MR) is 63.4 cm³/mol. The lowest BCUT2D eigenvalue weighted by Crippen LogP contribution is -2.31. The molecule has 2 rings (SSSR count). The molecule has 1 aromatic heterocycles. The number of nitrogens with one attached hydrogen (secondary N) is 3. The molecule has 17 heavy (non-hydrogen) atoms. The molecule has 0 aliphatic heterocycles. The third-order valence-electron chi connectivity index (χ3n) is 2.22. The number of hydrogen-bond donors (Lipinski definition) is 3. The number of aromatic amines is 1. The first-order chi connectivity index (χ1) is 8.15. The van der Waals surface area contributed by atoms with Crippen LogP contribution in [0.1, 0.15) is 6.92 Å². The summed E-state index contributed by atoms with van der Waals surface area (Å²) in [5.74, 6) is -0.497. The summed E-state index contributed by atoms with van der Waals surface area (Å²) < 4.78 is 0. The summed E-state index contributed by atoms with van der Waals surface area (Å²) in [5, 5.41) is 12.8. The van der Waals surface area contributed by atoms with E-state index in [1.807, 2.05) is 6.07 Å². The summed E-state index contributed by atoms with van der Waals surface area (Å²) in [4.78, 5) is 22.1. The molecule has 0 radical (unpaired) electrons. The molecule has 2 amide bonds. The highest BCUT2D eigenvalue weighted by molar-refractivity contribution is 5.96. The van der Waals surface area contributed by atoms with Crippen LogP contribution in [-0.2, 0) is 9.59 Å². The maximum atomic E-state index is 11.4. The molecule has 1 aromatic carbocycles. The number of fused-ring (bicyclic) bond motifs is 1.